The van der Waals surface area contributed by atoms with E-state index >= 15 is 0 Å². The maximum atomic E-state index is 13.1. The van der Waals surface area contributed by atoms with Gasteiger partial charge in [-0.2, -0.15) is 0 Å². The molecule has 0 saturated carbocycles. The van der Waals surface area contributed by atoms with E-state index < -0.39 is 24.7 Å². The van der Waals surface area contributed by atoms with E-state index in [-0.39, 0.29) is 5.92 Å². The zero-order valence-corrected chi connectivity index (χ0v) is 7.80. The minimum absolute atomic E-state index is 0.123. The molecule has 0 spiro atoms. The predicted octanol–water partition coefficient (Wildman–Crippen LogP) is 1.69. The van der Waals surface area contributed by atoms with Crippen LogP contribution in [0.15, 0.2) is 0 Å². The number of ether oxygens (including phenoxy) is 2. The summed E-state index contributed by atoms with van der Waals surface area (Å²) < 4.78 is 36.4. The Hall–Kier alpha value is -0.220. The van der Waals surface area contributed by atoms with Crippen LogP contribution in [0.2, 0.25) is 0 Å². The van der Waals surface area contributed by atoms with Crippen molar-refractivity contribution < 1.29 is 18.3 Å². The lowest BCUT2D eigenvalue weighted by Crippen LogP contribution is -2.35. The first kappa shape index (κ1) is 9.34. The van der Waals surface area contributed by atoms with Gasteiger partial charge >= 0.3 is 0 Å². The zero-order valence-electron chi connectivity index (χ0n) is 7.80. The number of halogens is 2. The first-order chi connectivity index (χ1) is 6.02. The fourth-order valence-corrected chi connectivity index (χ4v) is 2.06. The second-order valence-electron chi connectivity index (χ2n) is 4.20. The van der Waals surface area contributed by atoms with Crippen molar-refractivity contribution in [2.75, 3.05) is 13.2 Å². The van der Waals surface area contributed by atoms with Crippen molar-refractivity contribution in [3.05, 3.63) is 0 Å². The van der Waals surface area contributed by atoms with Crippen LogP contribution in [0.3, 0.4) is 0 Å². The van der Waals surface area contributed by atoms with Gasteiger partial charge in [-0.15, -0.1) is 0 Å². The van der Waals surface area contributed by atoms with Crippen LogP contribution >= 0.6 is 0 Å². The molecular weight excluding hydrogens is 178 g/mol. The van der Waals surface area contributed by atoms with Gasteiger partial charge in [-0.3, -0.25) is 0 Å². The van der Waals surface area contributed by atoms with Gasteiger partial charge < -0.3 is 9.47 Å². The molecule has 0 aliphatic carbocycles. The number of hydrogen-bond donors (Lipinski definition) is 0. The summed E-state index contributed by atoms with van der Waals surface area (Å²) in [6, 6.07) is 0. The quantitative estimate of drug-likeness (QED) is 0.629. The Labute approximate surface area is 76.2 Å². The highest BCUT2D eigenvalue weighted by Crippen LogP contribution is 2.42. The third-order valence-electron chi connectivity index (χ3n) is 2.93. The molecule has 2 saturated heterocycles. The molecule has 2 aliphatic rings. The minimum atomic E-state index is -2.78. The normalized spacial score (nSPS) is 42.7. The van der Waals surface area contributed by atoms with E-state index in [1.165, 1.54) is 0 Å². The molecule has 3 atom stereocenters. The van der Waals surface area contributed by atoms with Crippen molar-refractivity contribution in [3.63, 3.8) is 0 Å². The van der Waals surface area contributed by atoms with Gasteiger partial charge in [0.25, 0.3) is 5.92 Å². The average Bonchev–Trinajstić information content (AvgIpc) is 2.52. The molecule has 2 heterocycles. The zero-order chi connectivity index (χ0) is 9.64. The lowest BCUT2D eigenvalue weighted by molar-refractivity contribution is -0.0960. The summed E-state index contributed by atoms with van der Waals surface area (Å²) in [5, 5.41) is 0. The number of alkyl halides is 2. The first-order valence-electron chi connectivity index (χ1n) is 4.63. The van der Waals surface area contributed by atoms with Crippen LogP contribution in [-0.4, -0.2) is 31.3 Å². The monoisotopic (exact) mass is 192 g/mol. The molecule has 0 aromatic carbocycles. The van der Waals surface area contributed by atoms with Crippen molar-refractivity contribution in [2.45, 2.75) is 32.0 Å². The van der Waals surface area contributed by atoms with Crippen molar-refractivity contribution in [2.24, 2.45) is 11.8 Å². The molecule has 0 amide bonds. The SMILES string of the molecule is CC(C)[C@@H]1CO[C@@H]2[C@H]1OCC2(F)F. The summed E-state index contributed by atoms with van der Waals surface area (Å²) >= 11 is 0. The van der Waals surface area contributed by atoms with Gasteiger partial charge in [-0.05, 0) is 5.92 Å². The molecule has 2 rings (SSSR count). The summed E-state index contributed by atoms with van der Waals surface area (Å²) in [7, 11) is 0. The first-order valence-corrected chi connectivity index (χ1v) is 4.63. The summed E-state index contributed by atoms with van der Waals surface area (Å²) in [4.78, 5) is 0. The molecule has 2 aliphatic heterocycles. The molecule has 0 N–H and O–H groups in total. The molecule has 0 aromatic heterocycles. The molecule has 0 radical (unpaired) electrons. The van der Waals surface area contributed by atoms with E-state index in [9.17, 15) is 8.78 Å². The summed E-state index contributed by atoms with van der Waals surface area (Å²) in [5.41, 5.74) is 0. The number of fused-ring (bicyclic) bond motifs is 1. The highest BCUT2D eigenvalue weighted by atomic mass is 19.3. The van der Waals surface area contributed by atoms with Gasteiger partial charge in [0.05, 0.1) is 12.7 Å². The highest BCUT2D eigenvalue weighted by Gasteiger charge is 2.58. The Kier molecular flexibility index (Phi) is 2.07. The number of rotatable bonds is 1. The summed E-state index contributed by atoms with van der Waals surface area (Å²) in [5.74, 6) is -2.32. The molecule has 2 fully saturated rings. The van der Waals surface area contributed by atoms with Crippen LogP contribution in [0.25, 0.3) is 0 Å². The van der Waals surface area contributed by atoms with Crippen LogP contribution in [-0.2, 0) is 9.47 Å². The number of hydrogen-bond acceptors (Lipinski definition) is 2. The van der Waals surface area contributed by atoms with Gasteiger partial charge in [0.2, 0.25) is 0 Å². The Morgan fingerprint density at radius 1 is 1.31 bits per heavy atom. The Bertz CT molecular complexity index is 206. The highest BCUT2D eigenvalue weighted by molar-refractivity contribution is 4.99. The van der Waals surface area contributed by atoms with E-state index in [1.54, 1.807) is 0 Å². The molecule has 76 valence electrons. The fraction of sp³-hybridized carbons (Fsp3) is 1.00. The standard InChI is InChI=1S/C9H14F2O2/c1-5(2)6-3-12-8-7(6)13-4-9(8,10)11/h5-8H,3-4H2,1-2H3/t6-,7-,8+/m0/s1. The Morgan fingerprint density at radius 2 is 2.00 bits per heavy atom. The van der Waals surface area contributed by atoms with Crippen LogP contribution in [0.1, 0.15) is 13.8 Å². The molecule has 0 bridgehead atoms. The molecule has 13 heavy (non-hydrogen) atoms. The van der Waals surface area contributed by atoms with Crippen molar-refractivity contribution in [1.29, 1.82) is 0 Å². The Morgan fingerprint density at radius 3 is 2.62 bits per heavy atom. The van der Waals surface area contributed by atoms with Crippen molar-refractivity contribution in [3.8, 4) is 0 Å². The maximum absolute atomic E-state index is 13.1. The second kappa shape index (κ2) is 2.89. The van der Waals surface area contributed by atoms with Gasteiger partial charge in [0, 0.05) is 5.92 Å². The van der Waals surface area contributed by atoms with Gasteiger partial charge in [-0.25, -0.2) is 8.78 Å². The van der Waals surface area contributed by atoms with E-state index in [2.05, 4.69) is 0 Å². The van der Waals surface area contributed by atoms with Gasteiger partial charge in [0.1, 0.15) is 12.7 Å². The smallest absolute Gasteiger partial charge is 0.299 e. The molecular formula is C9H14F2O2. The van der Waals surface area contributed by atoms with E-state index in [4.69, 9.17) is 9.47 Å². The predicted molar refractivity (Wildman–Crippen MR) is 42.8 cm³/mol. The van der Waals surface area contributed by atoms with Crippen molar-refractivity contribution >= 4 is 0 Å². The molecule has 0 unspecified atom stereocenters. The van der Waals surface area contributed by atoms with Crippen molar-refractivity contribution in [1.82, 2.24) is 0 Å². The largest absolute Gasteiger partial charge is 0.369 e. The van der Waals surface area contributed by atoms with Crippen LogP contribution < -0.4 is 0 Å². The van der Waals surface area contributed by atoms with E-state index in [0.29, 0.717) is 12.5 Å². The Balaban J connectivity index is 2.12. The lowest BCUT2D eigenvalue weighted by atomic mass is 9.90. The topological polar surface area (TPSA) is 18.5 Å². The fourth-order valence-electron chi connectivity index (χ4n) is 2.06. The van der Waals surface area contributed by atoms with Gasteiger partial charge in [-0.1, -0.05) is 13.8 Å². The van der Waals surface area contributed by atoms with Crippen LogP contribution in [0.5, 0.6) is 0 Å². The molecule has 2 nitrogen and oxygen atoms in total. The average molecular weight is 192 g/mol. The molecule has 4 heteroatoms. The molecule has 0 aromatic rings. The van der Waals surface area contributed by atoms with E-state index in [0.717, 1.165) is 0 Å². The van der Waals surface area contributed by atoms with Crippen LogP contribution in [0, 0.1) is 11.8 Å². The van der Waals surface area contributed by atoms with Gasteiger partial charge in [0.15, 0.2) is 0 Å². The second-order valence-corrected chi connectivity index (χ2v) is 4.20. The third kappa shape index (κ3) is 1.36. The summed E-state index contributed by atoms with van der Waals surface area (Å²) in [6.45, 7) is 3.95. The van der Waals surface area contributed by atoms with Crippen LogP contribution in [0.4, 0.5) is 8.78 Å². The lowest BCUT2D eigenvalue weighted by Gasteiger charge is -2.18. The maximum Gasteiger partial charge on any atom is 0.299 e. The summed E-state index contributed by atoms with van der Waals surface area (Å²) in [6.07, 6.45) is -1.39. The minimum Gasteiger partial charge on any atom is -0.369 e. The van der Waals surface area contributed by atoms with E-state index in [1.807, 2.05) is 13.8 Å². The third-order valence-corrected chi connectivity index (χ3v) is 2.93.